The van der Waals surface area contributed by atoms with Crippen LogP contribution in [0.4, 0.5) is 0 Å². The summed E-state index contributed by atoms with van der Waals surface area (Å²) < 4.78 is 17.6. The molecule has 22 heavy (non-hydrogen) atoms. The molecule has 2 heterocycles. The van der Waals surface area contributed by atoms with Crippen LogP contribution in [0.25, 0.3) is 0 Å². The minimum atomic E-state index is 0.00619. The van der Waals surface area contributed by atoms with Crippen molar-refractivity contribution in [3.05, 3.63) is 11.6 Å². The quantitative estimate of drug-likeness (QED) is 0.552. The Bertz CT molecular complexity index is 450. The van der Waals surface area contributed by atoms with Gasteiger partial charge in [0, 0.05) is 12.7 Å². The summed E-state index contributed by atoms with van der Waals surface area (Å²) in [5, 5.41) is 8.83. The van der Waals surface area contributed by atoms with Gasteiger partial charge in [0.25, 0.3) is 0 Å². The molecule has 3 fully saturated rings. The Morgan fingerprint density at radius 3 is 3.14 bits per heavy atom. The van der Waals surface area contributed by atoms with Gasteiger partial charge in [0.15, 0.2) is 6.29 Å². The van der Waals surface area contributed by atoms with E-state index in [1.165, 1.54) is 12.0 Å². The van der Waals surface area contributed by atoms with E-state index in [4.69, 9.17) is 19.5 Å². The summed E-state index contributed by atoms with van der Waals surface area (Å²) in [6, 6.07) is 2.16. The molecule has 0 aromatic carbocycles. The highest BCUT2D eigenvalue weighted by Crippen LogP contribution is 2.53. The SMILES string of the molecule is CC(CCCC12CCC/C(=C\C#N)C1O2)OC1CCCCO1. The summed E-state index contributed by atoms with van der Waals surface area (Å²) in [5.41, 5.74) is 1.25. The third-order valence-corrected chi connectivity index (χ3v) is 5.16. The van der Waals surface area contributed by atoms with Crippen molar-refractivity contribution < 1.29 is 14.2 Å². The number of allylic oxidation sites excluding steroid dienone is 1. The summed E-state index contributed by atoms with van der Waals surface area (Å²) in [4.78, 5) is 0. The maximum Gasteiger partial charge on any atom is 0.157 e. The molecule has 0 aromatic heterocycles. The topological polar surface area (TPSA) is 54.8 Å². The molecule has 4 nitrogen and oxygen atoms in total. The van der Waals surface area contributed by atoms with Crippen molar-refractivity contribution in [2.45, 2.75) is 88.8 Å². The van der Waals surface area contributed by atoms with Crippen molar-refractivity contribution in [2.24, 2.45) is 0 Å². The van der Waals surface area contributed by atoms with Crippen molar-refractivity contribution in [1.82, 2.24) is 0 Å². The number of rotatable bonds is 6. The number of hydrogen-bond donors (Lipinski definition) is 0. The average molecular weight is 305 g/mol. The van der Waals surface area contributed by atoms with Crippen molar-refractivity contribution in [1.29, 1.82) is 5.26 Å². The van der Waals surface area contributed by atoms with Crippen LogP contribution in [0.5, 0.6) is 0 Å². The lowest BCUT2D eigenvalue weighted by Gasteiger charge is -2.26. The Labute approximate surface area is 133 Å². The zero-order valence-corrected chi connectivity index (χ0v) is 13.6. The zero-order valence-electron chi connectivity index (χ0n) is 13.6. The fourth-order valence-electron chi connectivity index (χ4n) is 3.91. The molecular weight excluding hydrogens is 278 g/mol. The van der Waals surface area contributed by atoms with Gasteiger partial charge in [-0.2, -0.15) is 5.26 Å². The van der Waals surface area contributed by atoms with E-state index in [0.717, 1.165) is 58.0 Å². The normalized spacial score (nSPS) is 37.4. The van der Waals surface area contributed by atoms with Crippen LogP contribution < -0.4 is 0 Å². The Balaban J connectivity index is 1.38. The van der Waals surface area contributed by atoms with Gasteiger partial charge in [0.1, 0.15) is 6.10 Å². The molecule has 0 radical (unpaired) electrons. The van der Waals surface area contributed by atoms with Gasteiger partial charge in [0.05, 0.1) is 17.8 Å². The molecule has 0 aromatic rings. The number of hydrogen-bond acceptors (Lipinski definition) is 4. The molecule has 3 rings (SSSR count). The number of nitriles is 1. The molecule has 4 heteroatoms. The van der Waals surface area contributed by atoms with Gasteiger partial charge in [-0.05, 0) is 70.3 Å². The standard InChI is InChI=1S/C18H27NO3/c1-14(21-16-8-2-3-13-20-16)6-4-10-18-11-5-7-15(9-12-19)17(18)22-18/h9,14,16-17H,2-8,10-11,13H2,1H3/b15-9+. The third-order valence-electron chi connectivity index (χ3n) is 5.16. The van der Waals surface area contributed by atoms with Crippen molar-refractivity contribution in [3.8, 4) is 6.07 Å². The summed E-state index contributed by atoms with van der Waals surface area (Å²) in [6.07, 6.45) is 12.1. The van der Waals surface area contributed by atoms with Crippen LogP contribution in [-0.2, 0) is 14.2 Å². The third kappa shape index (κ3) is 3.71. The van der Waals surface area contributed by atoms with E-state index in [-0.39, 0.29) is 24.1 Å². The largest absolute Gasteiger partial charge is 0.361 e. The summed E-state index contributed by atoms with van der Waals surface area (Å²) in [5.74, 6) is 0. The monoisotopic (exact) mass is 305 g/mol. The highest BCUT2D eigenvalue weighted by Gasteiger charge is 2.58. The van der Waals surface area contributed by atoms with E-state index in [0.29, 0.717) is 0 Å². The second-order valence-corrected chi connectivity index (χ2v) is 6.90. The van der Waals surface area contributed by atoms with E-state index in [2.05, 4.69) is 13.0 Å². The first kappa shape index (κ1) is 16.0. The van der Waals surface area contributed by atoms with Gasteiger partial charge in [-0.25, -0.2) is 0 Å². The highest BCUT2D eigenvalue weighted by atomic mass is 16.7. The Hall–Kier alpha value is -0.890. The maximum absolute atomic E-state index is 8.83. The first-order valence-corrected chi connectivity index (χ1v) is 8.77. The predicted molar refractivity (Wildman–Crippen MR) is 83.1 cm³/mol. The lowest BCUT2D eigenvalue weighted by molar-refractivity contribution is -0.185. The van der Waals surface area contributed by atoms with Gasteiger partial charge in [0.2, 0.25) is 0 Å². The van der Waals surface area contributed by atoms with E-state index < -0.39 is 0 Å². The van der Waals surface area contributed by atoms with E-state index in [1.807, 2.05) is 0 Å². The van der Waals surface area contributed by atoms with Gasteiger partial charge >= 0.3 is 0 Å². The minimum absolute atomic E-state index is 0.00619. The number of fused-ring (bicyclic) bond motifs is 1. The number of ether oxygens (including phenoxy) is 3. The lowest BCUT2D eigenvalue weighted by atomic mass is 9.82. The van der Waals surface area contributed by atoms with Crippen LogP contribution in [0.15, 0.2) is 11.6 Å². The fraction of sp³-hybridized carbons (Fsp3) is 0.833. The first-order chi connectivity index (χ1) is 10.7. The van der Waals surface area contributed by atoms with E-state index >= 15 is 0 Å². The van der Waals surface area contributed by atoms with E-state index in [1.54, 1.807) is 6.08 Å². The molecule has 4 atom stereocenters. The molecule has 3 aliphatic rings. The molecule has 0 amide bonds. The lowest BCUT2D eigenvalue weighted by Crippen LogP contribution is -2.27. The second-order valence-electron chi connectivity index (χ2n) is 6.90. The molecule has 4 unspecified atom stereocenters. The summed E-state index contributed by atoms with van der Waals surface area (Å²) >= 11 is 0. The van der Waals surface area contributed by atoms with Crippen LogP contribution >= 0.6 is 0 Å². The van der Waals surface area contributed by atoms with Crippen LogP contribution in [0.3, 0.4) is 0 Å². The van der Waals surface area contributed by atoms with Crippen LogP contribution in [0.1, 0.15) is 64.7 Å². The molecule has 0 N–H and O–H groups in total. The van der Waals surface area contributed by atoms with Crippen molar-refractivity contribution >= 4 is 0 Å². The Morgan fingerprint density at radius 1 is 1.45 bits per heavy atom. The van der Waals surface area contributed by atoms with Gasteiger partial charge < -0.3 is 14.2 Å². The fourth-order valence-corrected chi connectivity index (χ4v) is 3.91. The number of nitrogens with zero attached hydrogens (tertiary/aromatic N) is 1. The predicted octanol–water partition coefficient (Wildman–Crippen LogP) is 3.86. The molecule has 1 saturated carbocycles. The van der Waals surface area contributed by atoms with Gasteiger partial charge in [-0.15, -0.1) is 0 Å². The number of epoxide rings is 1. The van der Waals surface area contributed by atoms with Gasteiger partial charge in [-0.1, -0.05) is 0 Å². The zero-order chi connectivity index (χ0) is 15.4. The Morgan fingerprint density at radius 2 is 2.36 bits per heavy atom. The smallest absolute Gasteiger partial charge is 0.157 e. The van der Waals surface area contributed by atoms with Crippen LogP contribution in [0.2, 0.25) is 0 Å². The van der Waals surface area contributed by atoms with Gasteiger partial charge in [-0.3, -0.25) is 0 Å². The molecule has 0 bridgehead atoms. The Kier molecular flexibility index (Phi) is 5.18. The van der Waals surface area contributed by atoms with E-state index in [9.17, 15) is 0 Å². The molecule has 122 valence electrons. The van der Waals surface area contributed by atoms with Crippen molar-refractivity contribution in [3.63, 3.8) is 0 Å². The average Bonchev–Trinajstić information content (AvgIpc) is 3.24. The molecule has 0 spiro atoms. The van der Waals surface area contributed by atoms with Crippen molar-refractivity contribution in [2.75, 3.05) is 6.61 Å². The second kappa shape index (κ2) is 7.12. The molecule has 2 aliphatic heterocycles. The van der Waals surface area contributed by atoms with Crippen LogP contribution in [-0.4, -0.2) is 30.7 Å². The molecule has 2 saturated heterocycles. The summed E-state index contributed by atoms with van der Waals surface area (Å²) in [6.45, 7) is 2.98. The minimum Gasteiger partial charge on any atom is -0.361 e. The molecule has 1 aliphatic carbocycles. The van der Waals surface area contributed by atoms with Crippen LogP contribution in [0, 0.1) is 11.3 Å². The maximum atomic E-state index is 8.83. The molecular formula is C18H27NO3. The summed E-state index contributed by atoms with van der Waals surface area (Å²) in [7, 11) is 0. The highest BCUT2D eigenvalue weighted by molar-refractivity contribution is 5.30. The first-order valence-electron chi connectivity index (χ1n) is 8.77.